The van der Waals surface area contributed by atoms with Crippen LogP contribution < -0.4 is 18.9 Å². The molecule has 2 aromatic heterocycles. The number of esters is 6. The number of carbonyl (C=O) groups is 6. The number of hydrogen-bond acceptors (Lipinski definition) is 22. The highest BCUT2D eigenvalue weighted by molar-refractivity contribution is 6.02. The molecule has 534 valence electrons. The normalized spacial score (nSPS) is 42.8. The molecule has 8 aliphatic heterocycles. The van der Waals surface area contributed by atoms with E-state index in [9.17, 15) is 0 Å². The zero-order chi connectivity index (χ0) is 70.5. The third-order valence-corrected chi connectivity index (χ3v) is 29.3. The zero-order valence-corrected chi connectivity index (χ0v) is 57.7. The Balaban J connectivity index is 0.646. The van der Waals surface area contributed by atoms with Crippen molar-refractivity contribution in [2.45, 2.75) is 108 Å². The summed E-state index contributed by atoms with van der Waals surface area (Å²) in [5.41, 5.74) is -12.0. The smallest absolute Gasteiger partial charge is 0.339 e. The lowest BCUT2D eigenvalue weighted by atomic mass is 9.46. The van der Waals surface area contributed by atoms with E-state index in [0.717, 1.165) is 43.8 Å². The average Bonchev–Trinajstić information content (AvgIpc) is 1.47. The summed E-state index contributed by atoms with van der Waals surface area (Å²) in [7, 11) is 8.99. The number of methoxy groups -OCH3 is 6. The number of hydrogen-bond donors (Lipinski definition) is 0. The van der Waals surface area contributed by atoms with Crippen LogP contribution in [-0.2, 0) is 89.3 Å². The summed E-state index contributed by atoms with van der Waals surface area (Å²) in [6.07, 6.45) is 17.8. The van der Waals surface area contributed by atoms with Gasteiger partial charge in [-0.15, -0.1) is 0 Å². The van der Waals surface area contributed by atoms with Crippen LogP contribution in [0.15, 0.2) is 143 Å². The number of carbonyl (C=O) groups excluding carboxylic acids is 6. The van der Waals surface area contributed by atoms with Gasteiger partial charge < -0.3 is 75.2 Å². The third-order valence-electron chi connectivity index (χ3n) is 29.3. The number of rotatable bonds is 18. The van der Waals surface area contributed by atoms with Crippen LogP contribution in [0.4, 0.5) is 0 Å². The van der Waals surface area contributed by atoms with Crippen molar-refractivity contribution in [2.24, 2.45) is 81.8 Å². The summed E-state index contributed by atoms with van der Waals surface area (Å²) in [6, 6.07) is 22.7. The van der Waals surface area contributed by atoms with E-state index >= 15 is 28.8 Å². The first kappa shape index (κ1) is 62.2. The number of allylic oxidation sites excluding steroid dienone is 4. The molecular formula is C82H74O22. The van der Waals surface area contributed by atoms with Crippen molar-refractivity contribution in [3.05, 3.63) is 168 Å². The molecule has 8 aliphatic carbocycles. The van der Waals surface area contributed by atoms with Gasteiger partial charge in [0.1, 0.15) is 72.1 Å². The van der Waals surface area contributed by atoms with Gasteiger partial charge in [-0.25, -0.2) is 19.2 Å². The Morgan fingerprint density at radius 2 is 0.692 bits per heavy atom. The number of benzene rings is 4. The van der Waals surface area contributed by atoms with Gasteiger partial charge >= 0.3 is 35.8 Å². The van der Waals surface area contributed by atoms with Gasteiger partial charge in [0.2, 0.25) is 0 Å². The fraction of sp³-hybridized carbons (Fsp3) is 0.488. The van der Waals surface area contributed by atoms with E-state index in [1.807, 2.05) is 48.5 Å². The predicted octanol–water partition coefficient (Wildman–Crippen LogP) is 9.77. The van der Waals surface area contributed by atoms with Gasteiger partial charge in [-0.05, 0) is 109 Å². The number of furan rings is 2. The molecule has 4 aromatic carbocycles. The molecular weight excluding hydrogens is 1340 g/mol. The lowest BCUT2D eigenvalue weighted by Gasteiger charge is -2.51. The second kappa shape index (κ2) is 20.4. The zero-order valence-electron chi connectivity index (χ0n) is 57.7. The molecule has 4 saturated carbocycles. The van der Waals surface area contributed by atoms with Crippen molar-refractivity contribution in [3.8, 4) is 23.0 Å². The largest absolute Gasteiger partial charge is 0.496 e. The molecule has 6 saturated heterocycles. The summed E-state index contributed by atoms with van der Waals surface area (Å²) in [6.45, 7) is -1.73. The van der Waals surface area contributed by atoms with E-state index in [0.29, 0.717) is 60.2 Å². The Bertz CT molecular complexity index is 4680. The van der Waals surface area contributed by atoms with Crippen LogP contribution in [0.3, 0.4) is 0 Å². The second-order valence-electron chi connectivity index (χ2n) is 31.9. The molecule has 0 N–H and O–H groups in total. The molecule has 104 heavy (non-hydrogen) atoms. The fourth-order valence-electron chi connectivity index (χ4n) is 27.1. The van der Waals surface area contributed by atoms with Crippen molar-refractivity contribution in [2.75, 3.05) is 55.9 Å². The first-order valence-electron chi connectivity index (χ1n) is 36.4. The SMILES string of the molecule is COC(=O)C12C3C=CC(COC(=O)C45OC(C(=O)OCc6ccco6)(C6C7C=CC(C7)C64)C4C6CC(c7c6c(OC)c6ccccc6c7OC)C45)(O3)C1(C(=O)OC)C1C=CC2(COC(=O)C23OC(C(=O)OCc4ccco4)(C4C5C=CC(C5)C42)C2C4CC(c5c4c(OC)c4ccccc4c5OC)C23)O1. The van der Waals surface area contributed by atoms with E-state index in [2.05, 4.69) is 24.3 Å². The molecule has 22 rings (SSSR count). The van der Waals surface area contributed by atoms with Crippen LogP contribution in [0.1, 0.15) is 83.1 Å². The quantitative estimate of drug-likeness (QED) is 0.0440. The maximum atomic E-state index is 16.9. The molecule has 16 bridgehead atoms. The van der Waals surface area contributed by atoms with Crippen molar-refractivity contribution < 1.29 is 104 Å². The van der Waals surface area contributed by atoms with Gasteiger partial charge in [-0.3, -0.25) is 9.59 Å². The maximum absolute atomic E-state index is 16.9. The lowest BCUT2D eigenvalue weighted by Crippen LogP contribution is -2.71. The molecule has 22 nitrogen and oxygen atoms in total. The van der Waals surface area contributed by atoms with E-state index in [-0.39, 0.29) is 48.7 Å². The van der Waals surface area contributed by atoms with Gasteiger partial charge in [0.05, 0.1) is 67.4 Å². The van der Waals surface area contributed by atoms with Gasteiger partial charge in [0.25, 0.3) is 0 Å². The Morgan fingerprint density at radius 3 is 0.981 bits per heavy atom. The topological polar surface area (TPSA) is 258 Å². The van der Waals surface area contributed by atoms with Gasteiger partial charge in [-0.2, -0.15) is 0 Å². The summed E-state index contributed by atoms with van der Waals surface area (Å²) in [4.78, 5) is 97.2. The molecule has 0 amide bonds. The first-order chi connectivity index (χ1) is 50.6. The summed E-state index contributed by atoms with van der Waals surface area (Å²) in [5, 5.41) is 3.35. The predicted molar refractivity (Wildman–Crippen MR) is 358 cm³/mol. The van der Waals surface area contributed by atoms with Crippen molar-refractivity contribution in [3.63, 3.8) is 0 Å². The van der Waals surface area contributed by atoms with E-state index in [1.54, 1.807) is 77.0 Å². The first-order valence-corrected chi connectivity index (χ1v) is 36.4. The number of fused-ring (bicyclic) bond motifs is 49. The Labute approximate surface area is 595 Å². The van der Waals surface area contributed by atoms with Crippen LogP contribution in [0, 0.1) is 81.8 Å². The van der Waals surface area contributed by atoms with E-state index < -0.39 is 165 Å². The summed E-state index contributed by atoms with van der Waals surface area (Å²) in [5.74, 6) is -8.29. The lowest BCUT2D eigenvalue weighted by molar-refractivity contribution is -0.199. The molecule has 0 radical (unpaired) electrons. The molecule has 6 aromatic rings. The highest BCUT2D eigenvalue weighted by atomic mass is 16.7. The second-order valence-corrected chi connectivity index (χ2v) is 31.9. The summed E-state index contributed by atoms with van der Waals surface area (Å²) < 4.78 is 105. The molecule has 10 heterocycles. The third kappa shape index (κ3) is 6.46. The van der Waals surface area contributed by atoms with Crippen molar-refractivity contribution in [1.82, 2.24) is 0 Å². The monoisotopic (exact) mass is 1410 g/mol. The highest BCUT2D eigenvalue weighted by Crippen LogP contribution is 2.85. The Kier molecular flexibility index (Phi) is 12.2. The minimum Gasteiger partial charge on any atom is -0.496 e. The van der Waals surface area contributed by atoms with Crippen LogP contribution in [0.5, 0.6) is 23.0 Å². The van der Waals surface area contributed by atoms with Crippen LogP contribution in [-0.4, -0.2) is 138 Å². The Morgan fingerprint density at radius 1 is 0.375 bits per heavy atom. The van der Waals surface area contributed by atoms with Crippen molar-refractivity contribution in [1.29, 1.82) is 0 Å². The van der Waals surface area contributed by atoms with Crippen molar-refractivity contribution >= 4 is 57.4 Å². The van der Waals surface area contributed by atoms with Crippen LogP contribution in [0.2, 0.25) is 0 Å². The molecule has 10 fully saturated rings. The molecule has 26 unspecified atom stereocenters. The van der Waals surface area contributed by atoms with Gasteiger partial charge in [-0.1, -0.05) is 85.0 Å². The Hall–Kier alpha value is -9.22. The molecule has 0 spiro atoms. The molecule has 26 atom stereocenters. The van der Waals surface area contributed by atoms with E-state index in [4.69, 9.17) is 75.2 Å². The molecule has 16 aliphatic rings. The highest BCUT2D eigenvalue weighted by Gasteiger charge is 2.96. The van der Waals surface area contributed by atoms with Gasteiger partial charge in [0.15, 0.2) is 33.2 Å². The van der Waals surface area contributed by atoms with Gasteiger partial charge in [0, 0.05) is 91.1 Å². The fourth-order valence-corrected chi connectivity index (χ4v) is 27.1. The minimum atomic E-state index is -2.25. The van der Waals surface area contributed by atoms with Crippen LogP contribution >= 0.6 is 0 Å². The molecule has 22 heteroatoms. The maximum Gasteiger partial charge on any atom is 0.339 e. The average molecular weight is 1410 g/mol. The summed E-state index contributed by atoms with van der Waals surface area (Å²) >= 11 is 0. The standard InChI is InChI=1S/C82H74O22/c1-89-65-43-15-7-9-17-45(43)67(91-3)55-49-31-47(53(55)65)61-63(49)79(59-39-21-19-37(29-39)57(59)77(61,103-79)69(83)97-33-41-13-11-27-95-41)71(85)99-35-75-25-23-52(101-75)82(74(88)94-6)76(26-24-51(102-76)81(75,82)73(87)93-5)36-100-72(86)80-60-40-22-20-38(30-40)58(60)78(104-80,70(84)98-34-42-14-12-28-96-42)62-48-32-50(64(62)80)56-54(48)66(90-2)44-16-8-10-18-46(44)68(56)92-4/h7-28,37-40,47-52,57-64H,29-36H2,1-6H3. The van der Waals surface area contributed by atoms with Crippen LogP contribution in [0.25, 0.3) is 21.5 Å². The minimum absolute atomic E-state index is 0.165. The van der Waals surface area contributed by atoms with E-state index in [1.165, 1.54) is 26.7 Å². The number of ether oxygens (including phenoxy) is 14.